The fraction of sp³-hybridized carbons (Fsp3) is 0.182. The van der Waals surface area contributed by atoms with Gasteiger partial charge < -0.3 is 21.4 Å². The van der Waals surface area contributed by atoms with E-state index in [1.165, 1.54) is 0 Å². The second kappa shape index (κ2) is 9.55. The molecule has 3 heterocycles. The van der Waals surface area contributed by atoms with Crippen molar-refractivity contribution >= 4 is 40.0 Å². The summed E-state index contributed by atoms with van der Waals surface area (Å²) in [6.07, 6.45) is 5.10. The number of H-pyrrole nitrogens is 1. The van der Waals surface area contributed by atoms with E-state index >= 15 is 0 Å². The lowest BCUT2D eigenvalue weighted by Crippen LogP contribution is -2.25. The van der Waals surface area contributed by atoms with Gasteiger partial charge in [-0.3, -0.25) is 9.78 Å². The number of nitrogens with two attached hydrogens (primary N) is 1. The van der Waals surface area contributed by atoms with Gasteiger partial charge in [0.15, 0.2) is 0 Å². The molecule has 31 heavy (non-hydrogen) atoms. The Kier molecular flexibility index (Phi) is 6.40. The van der Waals surface area contributed by atoms with E-state index in [1.54, 1.807) is 30.6 Å². The van der Waals surface area contributed by atoms with Crippen LogP contribution in [-0.2, 0) is 0 Å². The van der Waals surface area contributed by atoms with Crippen LogP contribution < -0.4 is 16.4 Å². The highest BCUT2D eigenvalue weighted by molar-refractivity contribution is 6.35. The van der Waals surface area contributed by atoms with Crippen LogP contribution in [0.2, 0.25) is 5.02 Å². The number of carbonyl (C=O) groups is 1. The zero-order chi connectivity index (χ0) is 21.6. The number of halogens is 1. The Hall–Kier alpha value is -3.49. The first-order valence-corrected chi connectivity index (χ1v) is 10.3. The van der Waals surface area contributed by atoms with Gasteiger partial charge in [0.05, 0.1) is 21.9 Å². The minimum absolute atomic E-state index is 0.176. The molecule has 5 N–H and O–H groups in total. The Morgan fingerprint density at radius 2 is 1.97 bits per heavy atom. The number of fused-ring (bicyclic) bond motifs is 1. The summed E-state index contributed by atoms with van der Waals surface area (Å²) < 4.78 is 0. The highest BCUT2D eigenvalue weighted by Crippen LogP contribution is 2.29. The fourth-order valence-corrected chi connectivity index (χ4v) is 3.44. The van der Waals surface area contributed by atoms with Gasteiger partial charge in [-0.15, -0.1) is 0 Å². The topological polar surface area (TPSA) is 122 Å². The molecular weight excluding hydrogens is 414 g/mol. The number of amides is 1. The van der Waals surface area contributed by atoms with E-state index in [9.17, 15) is 4.79 Å². The molecule has 0 fully saturated rings. The highest BCUT2D eigenvalue weighted by Gasteiger charge is 2.13. The number of nitrogens with zero attached hydrogens (tertiary/aromatic N) is 3. The Morgan fingerprint density at radius 3 is 2.77 bits per heavy atom. The van der Waals surface area contributed by atoms with Gasteiger partial charge in [-0.25, -0.2) is 9.97 Å². The third-order valence-corrected chi connectivity index (χ3v) is 4.98. The Labute approximate surface area is 184 Å². The maximum absolute atomic E-state index is 12.4. The average Bonchev–Trinajstić information content (AvgIpc) is 3.22. The van der Waals surface area contributed by atoms with Crippen LogP contribution in [0.25, 0.3) is 22.3 Å². The van der Waals surface area contributed by atoms with Gasteiger partial charge in [0, 0.05) is 30.0 Å². The van der Waals surface area contributed by atoms with Crippen LogP contribution in [-0.4, -0.2) is 38.9 Å². The lowest BCUT2D eigenvalue weighted by Gasteiger charge is -2.07. The third kappa shape index (κ3) is 4.99. The number of aromatic nitrogens is 4. The number of aromatic amines is 1. The molecule has 1 aromatic carbocycles. The van der Waals surface area contributed by atoms with Crippen LogP contribution in [0.15, 0.2) is 54.9 Å². The number of hydrogen-bond acceptors (Lipinski definition) is 6. The molecule has 0 aliphatic heterocycles. The molecule has 0 saturated heterocycles. The van der Waals surface area contributed by atoms with Crippen molar-refractivity contribution in [2.75, 3.05) is 18.4 Å². The zero-order valence-electron chi connectivity index (χ0n) is 16.7. The third-order valence-electron chi connectivity index (χ3n) is 4.68. The predicted molar refractivity (Wildman–Crippen MR) is 122 cm³/mol. The summed E-state index contributed by atoms with van der Waals surface area (Å²) in [4.78, 5) is 28.6. The summed E-state index contributed by atoms with van der Waals surface area (Å²) in [6.45, 7) is 1.19. The van der Waals surface area contributed by atoms with Crippen molar-refractivity contribution in [3.63, 3.8) is 0 Å². The fourth-order valence-electron chi connectivity index (χ4n) is 3.17. The lowest BCUT2D eigenvalue weighted by molar-refractivity contribution is 0.0949. The molecule has 0 spiro atoms. The molecule has 4 rings (SSSR count). The van der Waals surface area contributed by atoms with Crippen LogP contribution in [0.3, 0.4) is 0 Å². The van der Waals surface area contributed by atoms with Crippen molar-refractivity contribution in [1.82, 2.24) is 25.3 Å². The lowest BCUT2D eigenvalue weighted by atomic mass is 10.2. The van der Waals surface area contributed by atoms with E-state index in [0.717, 1.165) is 23.9 Å². The monoisotopic (exact) mass is 435 g/mol. The molecular formula is C22H22ClN7O. The minimum Gasteiger partial charge on any atom is -0.351 e. The number of nitrogens with one attached hydrogen (secondary N) is 3. The van der Waals surface area contributed by atoms with Crippen LogP contribution >= 0.6 is 11.6 Å². The molecule has 4 aromatic rings. The molecule has 0 radical (unpaired) electrons. The van der Waals surface area contributed by atoms with Crippen LogP contribution in [0.5, 0.6) is 0 Å². The van der Waals surface area contributed by atoms with E-state index in [2.05, 4.69) is 30.6 Å². The SMILES string of the molecule is NCCCCNC(=O)c1cc2cc(Nc3nccc(-c4ccccn4)n3)cc(Cl)c2[nH]1. The van der Waals surface area contributed by atoms with Gasteiger partial charge in [0.2, 0.25) is 5.95 Å². The minimum atomic E-state index is -0.176. The summed E-state index contributed by atoms with van der Waals surface area (Å²) in [5, 5.41) is 7.35. The van der Waals surface area contributed by atoms with Gasteiger partial charge in [0.25, 0.3) is 5.91 Å². The molecule has 9 heteroatoms. The van der Waals surface area contributed by atoms with E-state index in [1.807, 2.05) is 24.3 Å². The molecule has 0 aliphatic rings. The summed E-state index contributed by atoms with van der Waals surface area (Å²) in [6, 6.07) is 12.9. The zero-order valence-corrected chi connectivity index (χ0v) is 17.5. The Balaban J connectivity index is 1.53. The van der Waals surface area contributed by atoms with E-state index in [-0.39, 0.29) is 5.91 Å². The van der Waals surface area contributed by atoms with Crippen LogP contribution in [0, 0.1) is 0 Å². The maximum Gasteiger partial charge on any atom is 0.267 e. The number of rotatable bonds is 8. The molecule has 8 nitrogen and oxygen atoms in total. The number of anilines is 2. The van der Waals surface area contributed by atoms with Crippen LogP contribution in [0.1, 0.15) is 23.3 Å². The van der Waals surface area contributed by atoms with Crippen molar-refractivity contribution in [2.45, 2.75) is 12.8 Å². The van der Waals surface area contributed by atoms with Gasteiger partial charge in [0.1, 0.15) is 5.69 Å². The normalized spacial score (nSPS) is 10.9. The standard InChI is InChI=1S/C22H22ClN7O/c23-16-13-15(28-22-27-10-6-18(30-22)17-5-1-3-8-25-17)11-14-12-19(29-20(14)16)21(31)26-9-4-2-7-24/h1,3,5-6,8,10-13,29H,2,4,7,9,24H2,(H,26,31)(H,27,28,30). The van der Waals surface area contributed by atoms with Gasteiger partial charge >= 0.3 is 0 Å². The largest absolute Gasteiger partial charge is 0.351 e. The highest BCUT2D eigenvalue weighted by atomic mass is 35.5. The smallest absolute Gasteiger partial charge is 0.267 e. The summed E-state index contributed by atoms with van der Waals surface area (Å²) in [7, 11) is 0. The first-order chi connectivity index (χ1) is 15.1. The number of carbonyl (C=O) groups excluding carboxylic acids is 1. The van der Waals surface area contributed by atoms with Crippen molar-refractivity contribution < 1.29 is 4.79 Å². The Morgan fingerprint density at radius 1 is 1.06 bits per heavy atom. The Bertz CT molecular complexity index is 1190. The number of unbranched alkanes of at least 4 members (excludes halogenated alkanes) is 1. The molecule has 0 bridgehead atoms. The molecule has 3 aromatic heterocycles. The second-order valence-corrected chi connectivity index (χ2v) is 7.37. The average molecular weight is 436 g/mol. The number of hydrogen-bond donors (Lipinski definition) is 4. The van der Waals surface area contributed by atoms with Crippen LogP contribution in [0.4, 0.5) is 11.6 Å². The summed E-state index contributed by atoms with van der Waals surface area (Å²) in [5.74, 6) is 0.247. The maximum atomic E-state index is 12.4. The molecule has 0 atom stereocenters. The summed E-state index contributed by atoms with van der Waals surface area (Å²) >= 11 is 6.45. The quantitative estimate of drug-likeness (QED) is 0.311. The van der Waals surface area contributed by atoms with E-state index in [4.69, 9.17) is 17.3 Å². The van der Waals surface area contributed by atoms with Gasteiger partial charge in [-0.2, -0.15) is 0 Å². The van der Waals surface area contributed by atoms with Crippen molar-refractivity contribution in [1.29, 1.82) is 0 Å². The molecule has 0 saturated carbocycles. The van der Waals surface area contributed by atoms with Gasteiger partial charge in [-0.05, 0) is 55.8 Å². The molecule has 0 unspecified atom stereocenters. The van der Waals surface area contributed by atoms with Crippen molar-refractivity contribution in [2.24, 2.45) is 5.73 Å². The van der Waals surface area contributed by atoms with E-state index in [0.29, 0.717) is 46.7 Å². The van der Waals surface area contributed by atoms with E-state index < -0.39 is 0 Å². The molecule has 158 valence electrons. The van der Waals surface area contributed by atoms with Crippen molar-refractivity contribution in [3.05, 3.63) is 65.6 Å². The first kappa shape index (κ1) is 20.8. The summed E-state index contributed by atoms with van der Waals surface area (Å²) in [5.41, 5.74) is 8.81. The second-order valence-electron chi connectivity index (χ2n) is 6.96. The van der Waals surface area contributed by atoms with Crippen molar-refractivity contribution in [3.8, 4) is 11.4 Å². The molecule has 0 aliphatic carbocycles. The van der Waals surface area contributed by atoms with Gasteiger partial charge in [-0.1, -0.05) is 17.7 Å². The predicted octanol–water partition coefficient (Wildman–Crippen LogP) is 3.89. The number of pyridine rings is 1. The number of benzene rings is 1. The first-order valence-electron chi connectivity index (χ1n) is 9.96. The molecule has 1 amide bonds.